The van der Waals surface area contributed by atoms with Crippen LogP contribution < -0.4 is 14.4 Å². The molecule has 1 amide bonds. The number of benzene rings is 3. The number of anilines is 1. The van der Waals surface area contributed by atoms with Crippen molar-refractivity contribution < 1.29 is 19.2 Å². The molecule has 1 fully saturated rings. The van der Waals surface area contributed by atoms with E-state index in [-0.39, 0.29) is 18.2 Å². The first-order valence-corrected chi connectivity index (χ1v) is 13.0. The number of nitro benzene ring substituents is 1. The lowest BCUT2D eigenvalue weighted by atomic mass is 10.1. The van der Waals surface area contributed by atoms with Crippen LogP contribution in [0.1, 0.15) is 23.6 Å². The summed E-state index contributed by atoms with van der Waals surface area (Å²) >= 11 is 10.3. The number of ether oxygens (including phenoxy) is 2. The number of thioether (sulfide) groups is 1. The number of thiocarbonyl (C=S) groups is 1. The summed E-state index contributed by atoms with van der Waals surface area (Å²) in [5, 5.41) is 10.9. The molecule has 0 spiro atoms. The fraction of sp³-hybridized carbons (Fsp3) is 0.154. The van der Waals surface area contributed by atoms with E-state index in [1.54, 1.807) is 29.2 Å². The molecular formula is C26H21BrN2O5S2. The summed E-state index contributed by atoms with van der Waals surface area (Å²) in [7, 11) is 0. The van der Waals surface area contributed by atoms with Gasteiger partial charge in [0.2, 0.25) is 0 Å². The maximum absolute atomic E-state index is 13.2. The number of non-ortho nitro benzene ring substituents is 1. The van der Waals surface area contributed by atoms with Gasteiger partial charge >= 0.3 is 0 Å². The van der Waals surface area contributed by atoms with E-state index in [0.29, 0.717) is 31.8 Å². The van der Waals surface area contributed by atoms with Crippen molar-refractivity contribution in [2.24, 2.45) is 0 Å². The number of carbonyl (C=O) groups is 1. The maximum Gasteiger partial charge on any atom is 0.270 e. The van der Waals surface area contributed by atoms with E-state index in [0.717, 1.165) is 22.4 Å². The quantitative estimate of drug-likeness (QED) is 0.121. The topological polar surface area (TPSA) is 81.9 Å². The third-order valence-electron chi connectivity index (χ3n) is 5.31. The number of halogens is 1. The molecule has 10 heteroatoms. The second-order valence-electron chi connectivity index (χ2n) is 7.78. The van der Waals surface area contributed by atoms with Gasteiger partial charge in [-0.1, -0.05) is 42.2 Å². The predicted octanol–water partition coefficient (Wildman–Crippen LogP) is 7.05. The molecule has 0 bridgehead atoms. The minimum Gasteiger partial charge on any atom is -0.490 e. The number of rotatable bonds is 8. The van der Waals surface area contributed by atoms with Crippen LogP contribution in [0.3, 0.4) is 0 Å². The molecule has 1 aliphatic rings. The average Bonchev–Trinajstić information content (AvgIpc) is 3.12. The molecule has 0 saturated carbocycles. The SMILES string of the molecule is CCOc1cc(/C=C2/SC(=S)N(c3ccccc3C)C2=O)cc(Br)c1OCc1ccc([N+](=O)[O-])cc1. The number of hydrogen-bond acceptors (Lipinski definition) is 7. The largest absolute Gasteiger partial charge is 0.490 e. The molecule has 0 radical (unpaired) electrons. The zero-order chi connectivity index (χ0) is 25.8. The number of amides is 1. The first kappa shape index (κ1) is 25.9. The van der Waals surface area contributed by atoms with Crippen molar-refractivity contribution >= 4 is 67.6 Å². The highest BCUT2D eigenvalue weighted by Crippen LogP contribution is 2.41. The summed E-state index contributed by atoms with van der Waals surface area (Å²) in [6, 6.07) is 17.4. The molecule has 36 heavy (non-hydrogen) atoms. The average molecular weight is 586 g/mol. The maximum atomic E-state index is 13.2. The second-order valence-corrected chi connectivity index (χ2v) is 10.3. The normalized spacial score (nSPS) is 14.4. The van der Waals surface area contributed by atoms with Gasteiger partial charge in [0.05, 0.1) is 26.6 Å². The molecule has 4 rings (SSSR count). The van der Waals surface area contributed by atoms with E-state index >= 15 is 0 Å². The number of carbonyl (C=O) groups excluding carboxylic acids is 1. The highest BCUT2D eigenvalue weighted by atomic mass is 79.9. The number of aryl methyl sites for hydroxylation is 1. The third-order valence-corrected chi connectivity index (χ3v) is 7.20. The number of nitrogens with zero attached hydrogens (tertiary/aromatic N) is 2. The monoisotopic (exact) mass is 584 g/mol. The Morgan fingerprint density at radius 2 is 1.86 bits per heavy atom. The molecular weight excluding hydrogens is 564 g/mol. The van der Waals surface area contributed by atoms with Crippen LogP contribution in [0.2, 0.25) is 0 Å². The molecule has 0 unspecified atom stereocenters. The predicted molar refractivity (Wildman–Crippen MR) is 150 cm³/mol. The van der Waals surface area contributed by atoms with Gasteiger partial charge in [-0.05, 0) is 82.9 Å². The Labute approximate surface area is 226 Å². The molecule has 1 aliphatic heterocycles. The first-order chi connectivity index (χ1) is 17.3. The summed E-state index contributed by atoms with van der Waals surface area (Å²) in [6.07, 6.45) is 1.78. The Balaban J connectivity index is 1.58. The summed E-state index contributed by atoms with van der Waals surface area (Å²) < 4.78 is 12.9. The molecule has 1 saturated heterocycles. The van der Waals surface area contributed by atoms with Crippen molar-refractivity contribution in [3.8, 4) is 11.5 Å². The van der Waals surface area contributed by atoms with Gasteiger partial charge in [-0.2, -0.15) is 0 Å². The number of nitro groups is 1. The van der Waals surface area contributed by atoms with Gasteiger partial charge in [-0.15, -0.1) is 0 Å². The molecule has 3 aromatic rings. The Morgan fingerprint density at radius 3 is 2.53 bits per heavy atom. The highest BCUT2D eigenvalue weighted by Gasteiger charge is 2.34. The van der Waals surface area contributed by atoms with E-state index in [9.17, 15) is 14.9 Å². The Kier molecular flexibility index (Phi) is 8.07. The molecule has 0 aromatic heterocycles. The van der Waals surface area contributed by atoms with Crippen LogP contribution in [0.25, 0.3) is 6.08 Å². The van der Waals surface area contributed by atoms with Crippen molar-refractivity contribution in [3.63, 3.8) is 0 Å². The van der Waals surface area contributed by atoms with Crippen molar-refractivity contribution in [1.29, 1.82) is 0 Å². The summed E-state index contributed by atoms with van der Waals surface area (Å²) in [6.45, 7) is 4.43. The van der Waals surface area contributed by atoms with E-state index < -0.39 is 4.92 Å². The third kappa shape index (κ3) is 5.61. The number of para-hydroxylation sites is 1. The van der Waals surface area contributed by atoms with Crippen LogP contribution in [-0.4, -0.2) is 21.8 Å². The highest BCUT2D eigenvalue weighted by molar-refractivity contribution is 9.10. The molecule has 7 nitrogen and oxygen atoms in total. The fourth-order valence-electron chi connectivity index (χ4n) is 3.58. The standard InChI is InChI=1S/C26H21BrN2O5S2/c1-3-33-22-13-18(12-20(27)24(22)34-15-17-8-10-19(11-9-17)29(31)32)14-23-25(30)28(26(35)36-23)21-7-5-4-6-16(21)2/h4-14H,3,15H2,1-2H3/b23-14+. The van der Waals surface area contributed by atoms with Crippen molar-refractivity contribution in [2.45, 2.75) is 20.5 Å². The smallest absolute Gasteiger partial charge is 0.270 e. The lowest BCUT2D eigenvalue weighted by Crippen LogP contribution is -2.28. The van der Waals surface area contributed by atoms with E-state index in [1.807, 2.05) is 44.2 Å². The van der Waals surface area contributed by atoms with Crippen molar-refractivity contribution in [3.05, 3.63) is 96.8 Å². The molecule has 0 atom stereocenters. The minimum atomic E-state index is -0.443. The lowest BCUT2D eigenvalue weighted by Gasteiger charge is -2.17. The van der Waals surface area contributed by atoms with E-state index in [1.165, 1.54) is 23.9 Å². The van der Waals surface area contributed by atoms with Crippen molar-refractivity contribution in [2.75, 3.05) is 11.5 Å². The number of hydrogen-bond donors (Lipinski definition) is 0. The zero-order valence-electron chi connectivity index (χ0n) is 19.4. The second kappa shape index (κ2) is 11.2. The van der Waals surface area contributed by atoms with Crippen LogP contribution in [-0.2, 0) is 11.4 Å². The Bertz CT molecular complexity index is 1380. The van der Waals surface area contributed by atoms with Gasteiger partial charge in [0.1, 0.15) is 6.61 Å². The first-order valence-electron chi connectivity index (χ1n) is 10.9. The molecule has 0 aliphatic carbocycles. The molecule has 184 valence electrons. The molecule has 0 N–H and O–H groups in total. The van der Waals surface area contributed by atoms with Gasteiger partial charge in [0.15, 0.2) is 15.8 Å². The summed E-state index contributed by atoms with van der Waals surface area (Å²) in [5.41, 5.74) is 3.28. The van der Waals surface area contributed by atoms with Gasteiger partial charge in [0.25, 0.3) is 11.6 Å². The van der Waals surface area contributed by atoms with Crippen LogP contribution in [0.5, 0.6) is 11.5 Å². The van der Waals surface area contributed by atoms with Crippen LogP contribution in [0.4, 0.5) is 11.4 Å². The van der Waals surface area contributed by atoms with Crippen LogP contribution >= 0.6 is 39.9 Å². The molecule has 1 heterocycles. The zero-order valence-corrected chi connectivity index (χ0v) is 22.6. The van der Waals surface area contributed by atoms with Crippen LogP contribution in [0, 0.1) is 17.0 Å². The fourth-order valence-corrected chi connectivity index (χ4v) is 5.44. The summed E-state index contributed by atoms with van der Waals surface area (Å²) in [4.78, 5) is 25.7. The summed E-state index contributed by atoms with van der Waals surface area (Å²) in [5.74, 6) is 0.834. The Hall–Kier alpha value is -3.21. The van der Waals surface area contributed by atoms with Crippen molar-refractivity contribution in [1.82, 2.24) is 0 Å². The van der Waals surface area contributed by atoms with Gasteiger partial charge < -0.3 is 9.47 Å². The Morgan fingerprint density at radius 1 is 1.14 bits per heavy atom. The van der Waals surface area contributed by atoms with Gasteiger partial charge in [-0.25, -0.2) is 0 Å². The lowest BCUT2D eigenvalue weighted by molar-refractivity contribution is -0.384. The van der Waals surface area contributed by atoms with E-state index in [2.05, 4.69) is 15.9 Å². The molecule has 3 aromatic carbocycles. The van der Waals surface area contributed by atoms with Gasteiger partial charge in [0, 0.05) is 12.1 Å². The van der Waals surface area contributed by atoms with Crippen LogP contribution in [0.15, 0.2) is 70.0 Å². The van der Waals surface area contributed by atoms with Gasteiger partial charge in [-0.3, -0.25) is 19.8 Å². The van der Waals surface area contributed by atoms with E-state index in [4.69, 9.17) is 21.7 Å². The minimum absolute atomic E-state index is 0.0205.